The Bertz CT molecular complexity index is 756. The van der Waals surface area contributed by atoms with Gasteiger partial charge in [-0.1, -0.05) is 42.5 Å². The third kappa shape index (κ3) is 4.24. The summed E-state index contributed by atoms with van der Waals surface area (Å²) < 4.78 is 26.8. The van der Waals surface area contributed by atoms with E-state index in [2.05, 4.69) is 9.71 Å². The fourth-order valence-corrected chi connectivity index (χ4v) is 3.11. The molecule has 5 nitrogen and oxygen atoms in total. The first-order valence-corrected chi connectivity index (χ1v) is 8.24. The lowest BCUT2D eigenvalue weighted by atomic mass is 10.1. The van der Waals surface area contributed by atoms with E-state index in [1.165, 1.54) is 0 Å². The lowest BCUT2D eigenvalue weighted by molar-refractivity contribution is 0.600. The fourth-order valence-electron chi connectivity index (χ4n) is 1.76. The second kappa shape index (κ2) is 6.19. The Morgan fingerprint density at radius 3 is 2.52 bits per heavy atom. The van der Waals surface area contributed by atoms with E-state index >= 15 is 0 Å². The Morgan fingerprint density at radius 2 is 1.95 bits per heavy atom. The third-order valence-electron chi connectivity index (χ3n) is 2.86. The van der Waals surface area contributed by atoms with E-state index in [-0.39, 0.29) is 10.7 Å². The van der Waals surface area contributed by atoms with Crippen LogP contribution in [0.3, 0.4) is 0 Å². The zero-order valence-electron chi connectivity index (χ0n) is 11.4. The predicted octanol–water partition coefficient (Wildman–Crippen LogP) is 1.97. The highest BCUT2D eigenvalue weighted by atomic mass is 32.2. The summed E-state index contributed by atoms with van der Waals surface area (Å²) in [5.74, 6) is 0.206. The number of sulfonamides is 1. The molecule has 0 spiro atoms. The molecule has 0 fully saturated rings. The van der Waals surface area contributed by atoms with Gasteiger partial charge in [-0.15, -0.1) is 0 Å². The molecular weight excluding hydrogens is 306 g/mol. The molecule has 1 heterocycles. The van der Waals surface area contributed by atoms with Crippen LogP contribution < -0.4 is 10.5 Å². The van der Waals surface area contributed by atoms with Crippen LogP contribution >= 0.6 is 12.2 Å². The van der Waals surface area contributed by atoms with E-state index in [0.29, 0.717) is 16.9 Å². The Hall–Kier alpha value is -1.99. The molecule has 0 atom stereocenters. The van der Waals surface area contributed by atoms with E-state index in [0.717, 1.165) is 5.56 Å². The second-order valence-electron chi connectivity index (χ2n) is 4.59. The molecule has 0 amide bonds. The molecule has 21 heavy (non-hydrogen) atoms. The first-order valence-electron chi connectivity index (χ1n) is 6.18. The number of hydrogen-bond donors (Lipinski definition) is 2. The van der Waals surface area contributed by atoms with Gasteiger partial charge in [0, 0.05) is 11.8 Å². The smallest absolute Gasteiger partial charge is 0.238 e. The molecule has 2 rings (SSSR count). The van der Waals surface area contributed by atoms with Crippen LogP contribution in [-0.4, -0.2) is 18.4 Å². The number of pyridine rings is 1. The van der Waals surface area contributed by atoms with Gasteiger partial charge in [0.25, 0.3) is 0 Å². The molecule has 7 heteroatoms. The summed E-state index contributed by atoms with van der Waals surface area (Å²) in [6.07, 6.45) is 1.54. The normalized spacial score (nSPS) is 11.1. The largest absolute Gasteiger partial charge is 0.389 e. The standard InChI is InChI=1S/C14H15N3O2S2/c1-10-3-2-8-16-14(10)17-21(18,19)9-11-4-6-12(7-5-11)13(15)20/h2-8H,9H2,1H3,(H2,15,20)(H,16,17). The Labute approximate surface area is 129 Å². The highest BCUT2D eigenvalue weighted by Crippen LogP contribution is 2.14. The van der Waals surface area contributed by atoms with Crippen molar-refractivity contribution in [2.75, 3.05) is 4.72 Å². The molecule has 0 radical (unpaired) electrons. The Morgan fingerprint density at radius 1 is 1.29 bits per heavy atom. The number of aromatic nitrogens is 1. The number of nitrogens with zero attached hydrogens (tertiary/aromatic N) is 1. The number of thiocarbonyl (C=S) groups is 1. The number of anilines is 1. The van der Waals surface area contributed by atoms with Gasteiger partial charge in [-0.2, -0.15) is 0 Å². The van der Waals surface area contributed by atoms with E-state index in [4.69, 9.17) is 18.0 Å². The molecular formula is C14H15N3O2S2. The summed E-state index contributed by atoms with van der Waals surface area (Å²) in [6, 6.07) is 10.3. The number of aryl methyl sites for hydroxylation is 1. The van der Waals surface area contributed by atoms with Crippen molar-refractivity contribution in [2.24, 2.45) is 5.73 Å². The van der Waals surface area contributed by atoms with Crippen molar-refractivity contribution in [3.63, 3.8) is 0 Å². The monoisotopic (exact) mass is 321 g/mol. The average Bonchev–Trinajstić information content (AvgIpc) is 2.41. The first-order chi connectivity index (χ1) is 9.87. The van der Waals surface area contributed by atoms with Gasteiger partial charge in [-0.25, -0.2) is 13.4 Å². The molecule has 0 unspecified atom stereocenters. The molecule has 3 N–H and O–H groups in total. The summed E-state index contributed by atoms with van der Waals surface area (Å²) in [5, 5.41) is 0. The molecule has 1 aromatic heterocycles. The molecule has 0 aliphatic carbocycles. The molecule has 110 valence electrons. The molecule has 1 aromatic carbocycles. The highest BCUT2D eigenvalue weighted by molar-refractivity contribution is 7.91. The number of benzene rings is 1. The SMILES string of the molecule is Cc1cccnc1NS(=O)(=O)Cc1ccc(C(N)=S)cc1. The molecule has 2 aromatic rings. The summed E-state index contributed by atoms with van der Waals surface area (Å²) in [4.78, 5) is 4.30. The zero-order valence-corrected chi connectivity index (χ0v) is 13.0. The summed E-state index contributed by atoms with van der Waals surface area (Å²) in [5.41, 5.74) is 7.63. The van der Waals surface area contributed by atoms with E-state index in [1.807, 2.05) is 0 Å². The predicted molar refractivity (Wildman–Crippen MR) is 87.5 cm³/mol. The van der Waals surface area contributed by atoms with Crippen molar-refractivity contribution in [1.29, 1.82) is 0 Å². The highest BCUT2D eigenvalue weighted by Gasteiger charge is 2.13. The lowest BCUT2D eigenvalue weighted by Gasteiger charge is -2.09. The van der Waals surface area contributed by atoms with Gasteiger partial charge in [-0.3, -0.25) is 4.72 Å². The number of nitrogens with two attached hydrogens (primary N) is 1. The van der Waals surface area contributed by atoms with Crippen LogP contribution in [0, 0.1) is 6.92 Å². The minimum atomic E-state index is -3.52. The number of rotatable bonds is 5. The number of hydrogen-bond acceptors (Lipinski definition) is 4. The maximum atomic E-state index is 12.1. The van der Waals surface area contributed by atoms with E-state index in [9.17, 15) is 8.42 Å². The van der Waals surface area contributed by atoms with Crippen molar-refractivity contribution >= 4 is 33.0 Å². The van der Waals surface area contributed by atoms with E-state index in [1.54, 1.807) is 49.5 Å². The molecule has 0 aliphatic heterocycles. The third-order valence-corrected chi connectivity index (χ3v) is 4.31. The van der Waals surface area contributed by atoms with Gasteiger partial charge in [-0.05, 0) is 24.1 Å². The van der Waals surface area contributed by atoms with Gasteiger partial charge in [0.05, 0.1) is 5.75 Å². The van der Waals surface area contributed by atoms with Gasteiger partial charge in [0.2, 0.25) is 10.0 Å². The average molecular weight is 321 g/mol. The molecule has 0 bridgehead atoms. The van der Waals surface area contributed by atoms with Gasteiger partial charge < -0.3 is 5.73 Å². The van der Waals surface area contributed by atoms with Crippen LogP contribution in [0.4, 0.5) is 5.82 Å². The summed E-state index contributed by atoms with van der Waals surface area (Å²) in [7, 11) is -3.52. The molecule has 0 aliphatic rings. The Kier molecular flexibility index (Phi) is 4.54. The lowest BCUT2D eigenvalue weighted by Crippen LogP contribution is -2.17. The number of nitrogens with one attached hydrogen (secondary N) is 1. The van der Waals surface area contributed by atoms with Crippen LogP contribution in [0.15, 0.2) is 42.6 Å². The van der Waals surface area contributed by atoms with Crippen LogP contribution in [-0.2, 0) is 15.8 Å². The second-order valence-corrected chi connectivity index (χ2v) is 6.75. The van der Waals surface area contributed by atoms with Crippen LogP contribution in [0.1, 0.15) is 16.7 Å². The Balaban J connectivity index is 2.14. The van der Waals surface area contributed by atoms with Gasteiger partial charge in [0.1, 0.15) is 10.8 Å². The first kappa shape index (κ1) is 15.4. The molecule has 0 saturated heterocycles. The minimum Gasteiger partial charge on any atom is -0.389 e. The molecule has 0 saturated carbocycles. The quantitative estimate of drug-likeness (QED) is 0.822. The summed E-state index contributed by atoms with van der Waals surface area (Å²) in [6.45, 7) is 1.79. The minimum absolute atomic E-state index is 0.138. The van der Waals surface area contributed by atoms with Crippen LogP contribution in [0.25, 0.3) is 0 Å². The van der Waals surface area contributed by atoms with Crippen LogP contribution in [0.5, 0.6) is 0 Å². The summed E-state index contributed by atoms with van der Waals surface area (Å²) >= 11 is 4.85. The maximum Gasteiger partial charge on any atom is 0.238 e. The van der Waals surface area contributed by atoms with E-state index < -0.39 is 10.0 Å². The van der Waals surface area contributed by atoms with Crippen molar-refractivity contribution < 1.29 is 8.42 Å². The van der Waals surface area contributed by atoms with Crippen molar-refractivity contribution in [2.45, 2.75) is 12.7 Å². The van der Waals surface area contributed by atoms with Crippen molar-refractivity contribution in [3.8, 4) is 0 Å². The zero-order chi connectivity index (χ0) is 15.5. The van der Waals surface area contributed by atoms with Crippen molar-refractivity contribution in [3.05, 3.63) is 59.3 Å². The van der Waals surface area contributed by atoms with Gasteiger partial charge >= 0.3 is 0 Å². The maximum absolute atomic E-state index is 12.1. The fraction of sp³-hybridized carbons (Fsp3) is 0.143. The van der Waals surface area contributed by atoms with Crippen LogP contribution in [0.2, 0.25) is 0 Å². The topological polar surface area (TPSA) is 85.1 Å². The van der Waals surface area contributed by atoms with Gasteiger partial charge in [0.15, 0.2) is 0 Å². The van der Waals surface area contributed by atoms with Crippen molar-refractivity contribution in [1.82, 2.24) is 4.98 Å².